The van der Waals surface area contributed by atoms with Gasteiger partial charge in [-0.25, -0.2) is 8.42 Å². The molecule has 1 atom stereocenters. The summed E-state index contributed by atoms with van der Waals surface area (Å²) < 4.78 is 70.8. The number of hydrogen-bond acceptors (Lipinski definition) is 7. The zero-order valence-corrected chi connectivity index (χ0v) is 29.6. The molecule has 8 nitrogen and oxygen atoms in total. The van der Waals surface area contributed by atoms with Gasteiger partial charge in [-0.15, -0.1) is 0 Å². The van der Waals surface area contributed by atoms with E-state index in [1.54, 1.807) is 20.8 Å². The van der Waals surface area contributed by atoms with E-state index in [0.29, 0.717) is 18.9 Å². The van der Waals surface area contributed by atoms with E-state index in [0.717, 1.165) is 56.4 Å². The molecule has 0 saturated carbocycles. The molecule has 0 saturated heterocycles. The van der Waals surface area contributed by atoms with Crippen molar-refractivity contribution in [2.24, 2.45) is 16.7 Å². The van der Waals surface area contributed by atoms with Crippen molar-refractivity contribution in [3.63, 3.8) is 0 Å². The maximum absolute atomic E-state index is 12.2. The second-order valence-electron chi connectivity index (χ2n) is 10.8. The van der Waals surface area contributed by atoms with Crippen molar-refractivity contribution in [1.82, 2.24) is 0 Å². The van der Waals surface area contributed by atoms with Crippen LogP contribution in [-0.4, -0.2) is 38.4 Å². The average molecular weight is 634 g/mol. The number of ether oxygens (including phenoxy) is 2. The molecule has 0 bridgehead atoms. The van der Waals surface area contributed by atoms with E-state index in [1.165, 1.54) is 0 Å². The number of nitrogens with zero attached hydrogens (tertiary/aromatic N) is 1. The number of rotatable bonds is 13. The molecule has 1 amide bonds. The van der Waals surface area contributed by atoms with Gasteiger partial charge in [0.2, 0.25) is 0 Å². The van der Waals surface area contributed by atoms with Crippen molar-refractivity contribution in [1.29, 1.82) is 0 Å². The summed E-state index contributed by atoms with van der Waals surface area (Å²) in [5.74, 6) is -1.35. The van der Waals surface area contributed by atoms with E-state index in [4.69, 9.17) is 9.47 Å². The second-order valence-corrected chi connectivity index (χ2v) is 12.4. The molecular formula is C28H43F3KNO7S. The average Bonchev–Trinajstić information content (AvgIpc) is 2.86. The Morgan fingerprint density at radius 1 is 0.927 bits per heavy atom. The van der Waals surface area contributed by atoms with Gasteiger partial charge in [-0.3, -0.25) is 9.59 Å². The Kier molecular flexibility index (Phi) is 19.1. The summed E-state index contributed by atoms with van der Waals surface area (Å²) in [5.41, 5.74) is -7.04. The van der Waals surface area contributed by atoms with Crippen LogP contribution in [0.3, 0.4) is 0 Å². The van der Waals surface area contributed by atoms with Gasteiger partial charge in [-0.1, -0.05) is 41.0 Å². The number of benzene rings is 1. The maximum atomic E-state index is 12.2. The standard InChI is InChI=1S/C14H16F3NO5S.C14H28O2.K/c1-4-13(2,3)12(20)23-10-7-5-9(6-8-10)11(19)18-24(21,22)14(15,16)17;1-6-10-14(5,7-2)13(15)16-11-8-9-12(3)4;/h5-8H,4H2,1-3H3,(H,18,19);12H,6-11H2,1-5H3;/q;;+1/p-1. The first-order valence-corrected chi connectivity index (χ1v) is 14.8. The number of halogens is 3. The van der Waals surface area contributed by atoms with Crippen LogP contribution >= 0.6 is 0 Å². The summed E-state index contributed by atoms with van der Waals surface area (Å²) in [6.45, 7) is 16.3. The van der Waals surface area contributed by atoms with Gasteiger partial charge < -0.3 is 19.0 Å². The summed E-state index contributed by atoms with van der Waals surface area (Å²) in [4.78, 5) is 35.3. The molecule has 0 aromatic heterocycles. The molecule has 0 spiro atoms. The molecule has 13 heteroatoms. The number of sulfonamides is 1. The van der Waals surface area contributed by atoms with Crippen molar-refractivity contribution in [3.05, 3.63) is 34.6 Å². The van der Waals surface area contributed by atoms with Crippen LogP contribution in [0.15, 0.2) is 24.3 Å². The Balaban J connectivity index is 0. The van der Waals surface area contributed by atoms with Crippen molar-refractivity contribution in [3.8, 4) is 5.75 Å². The van der Waals surface area contributed by atoms with Gasteiger partial charge in [0.25, 0.3) is 0 Å². The van der Waals surface area contributed by atoms with Crippen molar-refractivity contribution < 1.29 is 96.8 Å². The zero-order chi connectivity index (χ0) is 31.4. The van der Waals surface area contributed by atoms with E-state index >= 15 is 0 Å². The third-order valence-electron chi connectivity index (χ3n) is 6.48. The van der Waals surface area contributed by atoms with Crippen LogP contribution in [0.5, 0.6) is 5.75 Å². The summed E-state index contributed by atoms with van der Waals surface area (Å²) in [6, 6.07) is 4.35. The Bertz CT molecular complexity index is 1080. The van der Waals surface area contributed by atoms with Gasteiger partial charge in [-0.2, -0.15) is 13.2 Å². The molecule has 1 aromatic carbocycles. The number of alkyl halides is 3. The predicted molar refractivity (Wildman–Crippen MR) is 147 cm³/mol. The number of hydrogen-bond donors (Lipinski definition) is 0. The quantitative estimate of drug-likeness (QED) is 0.135. The fraction of sp³-hybridized carbons (Fsp3) is 0.679. The van der Waals surface area contributed by atoms with Gasteiger partial charge in [0.05, 0.1) is 23.3 Å². The van der Waals surface area contributed by atoms with Crippen LogP contribution in [-0.2, 0) is 24.3 Å². The Hall–Kier alpha value is -0.994. The van der Waals surface area contributed by atoms with Gasteiger partial charge in [-0.05, 0) is 83.1 Å². The van der Waals surface area contributed by atoms with E-state index in [-0.39, 0.29) is 68.5 Å². The minimum Gasteiger partial charge on any atom is -0.534 e. The molecule has 1 unspecified atom stereocenters. The van der Waals surface area contributed by atoms with Crippen LogP contribution in [0.4, 0.5) is 13.2 Å². The van der Waals surface area contributed by atoms with E-state index in [2.05, 4.69) is 32.4 Å². The molecule has 0 aliphatic rings. The molecule has 230 valence electrons. The summed E-state index contributed by atoms with van der Waals surface area (Å²) in [6.07, 6.45) is 5.46. The normalized spacial score (nSPS) is 13.2. The molecule has 41 heavy (non-hydrogen) atoms. The molecule has 1 rings (SSSR count). The number of esters is 2. The third kappa shape index (κ3) is 14.8. The van der Waals surface area contributed by atoms with Crippen LogP contribution in [0, 0.1) is 16.7 Å². The molecule has 1 aromatic rings. The summed E-state index contributed by atoms with van der Waals surface area (Å²) in [7, 11) is -5.91. The fourth-order valence-electron chi connectivity index (χ4n) is 3.07. The molecule has 0 N–H and O–H groups in total. The maximum Gasteiger partial charge on any atom is 1.00 e. The van der Waals surface area contributed by atoms with Gasteiger partial charge >= 0.3 is 68.8 Å². The van der Waals surface area contributed by atoms with Crippen LogP contribution < -0.4 is 56.1 Å². The summed E-state index contributed by atoms with van der Waals surface area (Å²) >= 11 is 0. The monoisotopic (exact) mass is 633 g/mol. The van der Waals surface area contributed by atoms with Crippen LogP contribution in [0.2, 0.25) is 0 Å². The second kappa shape index (κ2) is 18.6. The van der Waals surface area contributed by atoms with Crippen molar-refractivity contribution in [2.45, 2.75) is 99.4 Å². The number of carbonyl (C=O) groups is 3. The molecule has 0 aliphatic carbocycles. The fourth-order valence-corrected chi connectivity index (χ4v) is 3.50. The van der Waals surface area contributed by atoms with Gasteiger partial charge in [0.15, 0.2) is 10.0 Å². The van der Waals surface area contributed by atoms with Crippen LogP contribution in [0.25, 0.3) is 4.72 Å². The van der Waals surface area contributed by atoms with Gasteiger partial charge in [0, 0.05) is 5.56 Å². The first kappa shape index (κ1) is 42.1. The Morgan fingerprint density at radius 2 is 1.46 bits per heavy atom. The first-order valence-electron chi connectivity index (χ1n) is 13.3. The first-order chi connectivity index (χ1) is 18.3. The zero-order valence-electron chi connectivity index (χ0n) is 25.7. The number of carbonyl (C=O) groups excluding carboxylic acids is 3. The molecular weight excluding hydrogens is 590 g/mol. The molecule has 0 aliphatic heterocycles. The Labute approximate surface area is 285 Å². The van der Waals surface area contributed by atoms with Crippen molar-refractivity contribution >= 4 is 27.9 Å². The minimum atomic E-state index is -5.91. The minimum absolute atomic E-state index is 0. The topological polar surface area (TPSA) is 118 Å². The summed E-state index contributed by atoms with van der Waals surface area (Å²) in [5, 5.41) is 0. The van der Waals surface area contributed by atoms with E-state index in [9.17, 15) is 36.0 Å². The predicted octanol–water partition coefficient (Wildman–Crippen LogP) is 4.58. The smallest absolute Gasteiger partial charge is 0.534 e. The van der Waals surface area contributed by atoms with Crippen LogP contribution in [0.1, 0.15) is 104 Å². The largest absolute Gasteiger partial charge is 1.00 e. The molecule has 0 radical (unpaired) electrons. The third-order valence-corrected chi connectivity index (χ3v) is 7.47. The molecule has 0 fully saturated rings. The van der Waals surface area contributed by atoms with E-state index in [1.807, 2.05) is 6.92 Å². The number of amides is 1. The van der Waals surface area contributed by atoms with E-state index < -0.39 is 38.4 Å². The molecule has 0 heterocycles. The van der Waals surface area contributed by atoms with Crippen molar-refractivity contribution in [2.75, 3.05) is 6.61 Å². The Morgan fingerprint density at radius 3 is 1.88 bits per heavy atom. The van der Waals surface area contributed by atoms with Gasteiger partial charge in [0.1, 0.15) is 5.75 Å². The SMILES string of the molecule is CCC(C)(C)C(=O)Oc1ccc(C(=O)[N-]S(=O)(=O)C(F)(F)F)cc1.CCCC(C)(CC)C(=O)OCCCC(C)C.[K+].